The van der Waals surface area contributed by atoms with Gasteiger partial charge in [0.25, 0.3) is 5.91 Å². The molecule has 0 bridgehead atoms. The summed E-state index contributed by atoms with van der Waals surface area (Å²) in [6, 6.07) is 12.7. The SMILES string of the molecule is Cc1ccc(C(=O)Nc2ccc(Br)cc2)c(Cl)c1. The molecule has 0 aliphatic heterocycles. The summed E-state index contributed by atoms with van der Waals surface area (Å²) in [5, 5.41) is 3.26. The van der Waals surface area contributed by atoms with Crippen molar-refractivity contribution < 1.29 is 4.79 Å². The van der Waals surface area contributed by atoms with E-state index in [0.717, 1.165) is 15.7 Å². The highest BCUT2D eigenvalue weighted by molar-refractivity contribution is 9.10. The number of nitrogens with one attached hydrogen (secondary N) is 1. The van der Waals surface area contributed by atoms with Crippen LogP contribution in [-0.2, 0) is 0 Å². The van der Waals surface area contributed by atoms with Gasteiger partial charge >= 0.3 is 0 Å². The minimum Gasteiger partial charge on any atom is -0.322 e. The summed E-state index contributed by atoms with van der Waals surface area (Å²) in [5.74, 6) is -0.206. The molecule has 2 rings (SSSR count). The Morgan fingerprint density at radius 2 is 1.83 bits per heavy atom. The Bertz CT molecular complexity index is 581. The zero-order valence-corrected chi connectivity index (χ0v) is 12.0. The van der Waals surface area contributed by atoms with Crippen LogP contribution in [0.15, 0.2) is 46.9 Å². The van der Waals surface area contributed by atoms with Crippen LogP contribution in [-0.4, -0.2) is 5.91 Å². The fraction of sp³-hybridized carbons (Fsp3) is 0.0714. The third kappa shape index (κ3) is 3.12. The molecule has 92 valence electrons. The van der Waals surface area contributed by atoms with Crippen molar-refractivity contribution in [1.29, 1.82) is 0 Å². The fourth-order valence-electron chi connectivity index (χ4n) is 1.54. The first-order valence-electron chi connectivity index (χ1n) is 5.39. The molecule has 0 atom stereocenters. The van der Waals surface area contributed by atoms with Gasteiger partial charge in [-0.25, -0.2) is 0 Å². The van der Waals surface area contributed by atoms with Crippen molar-refractivity contribution in [2.45, 2.75) is 6.92 Å². The Balaban J connectivity index is 2.19. The number of hydrogen-bond donors (Lipinski definition) is 1. The van der Waals surface area contributed by atoms with Crippen LogP contribution in [0.2, 0.25) is 5.02 Å². The summed E-state index contributed by atoms with van der Waals surface area (Å²) in [5.41, 5.74) is 2.24. The molecule has 2 aromatic carbocycles. The summed E-state index contributed by atoms with van der Waals surface area (Å²) in [6.45, 7) is 1.93. The van der Waals surface area contributed by atoms with Crippen LogP contribution in [0.5, 0.6) is 0 Å². The normalized spacial score (nSPS) is 10.2. The summed E-state index contributed by atoms with van der Waals surface area (Å²) < 4.78 is 0.967. The van der Waals surface area contributed by atoms with E-state index in [9.17, 15) is 4.79 Å². The maximum Gasteiger partial charge on any atom is 0.257 e. The molecule has 1 amide bonds. The second-order valence-electron chi connectivity index (χ2n) is 3.94. The Morgan fingerprint density at radius 3 is 2.44 bits per heavy atom. The molecule has 1 N–H and O–H groups in total. The van der Waals surface area contributed by atoms with Crippen LogP contribution >= 0.6 is 27.5 Å². The Labute approximate surface area is 119 Å². The molecule has 2 nitrogen and oxygen atoms in total. The number of halogens is 2. The van der Waals surface area contributed by atoms with E-state index in [2.05, 4.69) is 21.2 Å². The number of rotatable bonds is 2. The Morgan fingerprint density at radius 1 is 1.17 bits per heavy atom. The Kier molecular flexibility index (Phi) is 4.04. The van der Waals surface area contributed by atoms with E-state index in [1.165, 1.54) is 0 Å². The van der Waals surface area contributed by atoms with Crippen molar-refractivity contribution in [2.24, 2.45) is 0 Å². The number of benzene rings is 2. The molecular formula is C14H11BrClNO. The van der Waals surface area contributed by atoms with Gasteiger partial charge in [0.05, 0.1) is 10.6 Å². The molecule has 2 aromatic rings. The van der Waals surface area contributed by atoms with E-state index in [1.54, 1.807) is 12.1 Å². The average molecular weight is 325 g/mol. The molecular weight excluding hydrogens is 314 g/mol. The highest BCUT2D eigenvalue weighted by Crippen LogP contribution is 2.20. The molecule has 0 fully saturated rings. The molecule has 0 saturated heterocycles. The number of anilines is 1. The maximum absolute atomic E-state index is 12.0. The van der Waals surface area contributed by atoms with Gasteiger partial charge in [-0.3, -0.25) is 4.79 Å². The van der Waals surface area contributed by atoms with Gasteiger partial charge in [-0.05, 0) is 48.9 Å². The first-order valence-corrected chi connectivity index (χ1v) is 6.56. The number of carbonyl (C=O) groups excluding carboxylic acids is 1. The lowest BCUT2D eigenvalue weighted by Crippen LogP contribution is -2.12. The van der Waals surface area contributed by atoms with E-state index in [1.807, 2.05) is 37.3 Å². The van der Waals surface area contributed by atoms with E-state index < -0.39 is 0 Å². The van der Waals surface area contributed by atoms with Gasteiger partial charge in [-0.2, -0.15) is 0 Å². The van der Waals surface area contributed by atoms with E-state index in [0.29, 0.717) is 10.6 Å². The number of hydrogen-bond acceptors (Lipinski definition) is 1. The van der Waals surface area contributed by atoms with Gasteiger partial charge in [0.15, 0.2) is 0 Å². The molecule has 0 saturated carbocycles. The van der Waals surface area contributed by atoms with E-state index in [4.69, 9.17) is 11.6 Å². The van der Waals surface area contributed by atoms with Crippen molar-refractivity contribution in [1.82, 2.24) is 0 Å². The monoisotopic (exact) mass is 323 g/mol. The molecule has 0 aliphatic rings. The molecule has 0 heterocycles. The van der Waals surface area contributed by atoms with Crippen molar-refractivity contribution in [3.63, 3.8) is 0 Å². The minimum atomic E-state index is -0.206. The van der Waals surface area contributed by atoms with Gasteiger partial charge in [-0.1, -0.05) is 33.6 Å². The lowest BCUT2D eigenvalue weighted by atomic mass is 10.1. The summed E-state index contributed by atoms with van der Waals surface area (Å²) in [7, 11) is 0. The Hall–Kier alpha value is -1.32. The van der Waals surface area contributed by atoms with Crippen molar-refractivity contribution in [3.8, 4) is 0 Å². The molecule has 4 heteroatoms. The molecule has 0 spiro atoms. The number of aryl methyl sites for hydroxylation is 1. The minimum absolute atomic E-state index is 0.206. The molecule has 0 aromatic heterocycles. The van der Waals surface area contributed by atoms with Crippen molar-refractivity contribution in [3.05, 3.63) is 63.1 Å². The first-order chi connectivity index (χ1) is 8.56. The van der Waals surface area contributed by atoms with Crippen LogP contribution in [0, 0.1) is 6.92 Å². The number of amides is 1. The molecule has 0 unspecified atom stereocenters. The van der Waals surface area contributed by atoms with Crippen LogP contribution in [0.4, 0.5) is 5.69 Å². The lowest BCUT2D eigenvalue weighted by molar-refractivity contribution is 0.102. The number of carbonyl (C=O) groups is 1. The highest BCUT2D eigenvalue weighted by Gasteiger charge is 2.10. The molecule has 0 radical (unpaired) electrons. The quantitative estimate of drug-likeness (QED) is 0.855. The van der Waals surface area contributed by atoms with Crippen LogP contribution < -0.4 is 5.32 Å². The zero-order chi connectivity index (χ0) is 13.1. The van der Waals surface area contributed by atoms with E-state index >= 15 is 0 Å². The van der Waals surface area contributed by atoms with Crippen molar-refractivity contribution in [2.75, 3.05) is 5.32 Å². The lowest BCUT2D eigenvalue weighted by Gasteiger charge is -2.07. The summed E-state index contributed by atoms with van der Waals surface area (Å²) >= 11 is 9.39. The molecule has 0 aliphatic carbocycles. The smallest absolute Gasteiger partial charge is 0.257 e. The molecule has 18 heavy (non-hydrogen) atoms. The van der Waals surface area contributed by atoms with Gasteiger partial charge in [0, 0.05) is 10.2 Å². The maximum atomic E-state index is 12.0. The van der Waals surface area contributed by atoms with Gasteiger partial charge < -0.3 is 5.32 Å². The predicted octanol–water partition coefficient (Wildman–Crippen LogP) is 4.66. The second-order valence-corrected chi connectivity index (χ2v) is 5.27. The second kappa shape index (κ2) is 5.55. The van der Waals surface area contributed by atoms with Crippen LogP contribution in [0.25, 0.3) is 0 Å². The highest BCUT2D eigenvalue weighted by atomic mass is 79.9. The fourth-order valence-corrected chi connectivity index (χ4v) is 2.12. The average Bonchev–Trinajstić information content (AvgIpc) is 2.32. The van der Waals surface area contributed by atoms with Gasteiger partial charge in [0.2, 0.25) is 0 Å². The largest absolute Gasteiger partial charge is 0.322 e. The van der Waals surface area contributed by atoms with Crippen LogP contribution in [0.3, 0.4) is 0 Å². The van der Waals surface area contributed by atoms with Crippen molar-refractivity contribution >= 4 is 39.1 Å². The van der Waals surface area contributed by atoms with Gasteiger partial charge in [0.1, 0.15) is 0 Å². The third-order valence-electron chi connectivity index (χ3n) is 2.47. The summed E-state index contributed by atoms with van der Waals surface area (Å²) in [4.78, 5) is 12.0. The van der Waals surface area contributed by atoms with Crippen LogP contribution in [0.1, 0.15) is 15.9 Å². The third-order valence-corrected chi connectivity index (χ3v) is 3.31. The zero-order valence-electron chi connectivity index (χ0n) is 9.71. The standard InChI is InChI=1S/C14H11BrClNO/c1-9-2-7-12(13(16)8-9)14(18)17-11-5-3-10(15)4-6-11/h2-8H,1H3,(H,17,18). The topological polar surface area (TPSA) is 29.1 Å². The van der Waals surface area contributed by atoms with E-state index in [-0.39, 0.29) is 5.91 Å². The summed E-state index contributed by atoms with van der Waals surface area (Å²) in [6.07, 6.45) is 0. The first kappa shape index (κ1) is 13.1. The predicted molar refractivity (Wildman–Crippen MR) is 78.3 cm³/mol. The van der Waals surface area contributed by atoms with Gasteiger partial charge in [-0.15, -0.1) is 0 Å².